The van der Waals surface area contributed by atoms with Gasteiger partial charge in [0.25, 0.3) is 0 Å². The Hall–Kier alpha value is -1.83. The summed E-state index contributed by atoms with van der Waals surface area (Å²) in [6.45, 7) is 4.88. The van der Waals surface area contributed by atoms with Gasteiger partial charge in [-0.15, -0.1) is 0 Å². The number of alkyl carbamates (subject to hydrolysis) is 1. The molecular formula is C13H25N3O5. The SMILES string of the molecule is COCCCNC(=O)C(CC(N)=O)NC(=O)OCC(C)C. The Morgan fingerprint density at radius 2 is 1.90 bits per heavy atom. The minimum atomic E-state index is -1.04. The summed E-state index contributed by atoms with van der Waals surface area (Å²) >= 11 is 0. The standard InChI is InChI=1S/C13H25N3O5/c1-9(2)8-21-13(19)16-10(7-11(14)17)12(18)15-5-4-6-20-3/h9-10H,4-8H2,1-3H3,(H2,14,17)(H,15,18)(H,16,19). The molecule has 0 bridgehead atoms. The summed E-state index contributed by atoms with van der Waals surface area (Å²) in [6.07, 6.45) is -0.405. The van der Waals surface area contributed by atoms with Crippen LogP contribution in [0.25, 0.3) is 0 Å². The Morgan fingerprint density at radius 3 is 2.43 bits per heavy atom. The van der Waals surface area contributed by atoms with Crippen LogP contribution in [0.2, 0.25) is 0 Å². The van der Waals surface area contributed by atoms with Gasteiger partial charge in [0.05, 0.1) is 13.0 Å². The summed E-state index contributed by atoms with van der Waals surface area (Å²) in [5.41, 5.74) is 5.07. The van der Waals surface area contributed by atoms with E-state index in [4.69, 9.17) is 15.2 Å². The topological polar surface area (TPSA) is 120 Å². The Balaban J connectivity index is 4.32. The number of hydrogen-bond donors (Lipinski definition) is 3. The van der Waals surface area contributed by atoms with Crippen LogP contribution in [0.3, 0.4) is 0 Å². The van der Waals surface area contributed by atoms with Crippen LogP contribution in [-0.4, -0.2) is 50.8 Å². The van der Waals surface area contributed by atoms with Crippen molar-refractivity contribution in [2.75, 3.05) is 26.9 Å². The predicted octanol–water partition coefficient (Wildman–Crippen LogP) is -0.235. The van der Waals surface area contributed by atoms with Gasteiger partial charge < -0.3 is 25.8 Å². The van der Waals surface area contributed by atoms with Crippen molar-refractivity contribution in [2.45, 2.75) is 32.7 Å². The summed E-state index contributed by atoms with van der Waals surface area (Å²) < 4.78 is 9.76. The van der Waals surface area contributed by atoms with Crippen molar-refractivity contribution in [1.82, 2.24) is 10.6 Å². The van der Waals surface area contributed by atoms with E-state index in [1.54, 1.807) is 7.11 Å². The number of ether oxygens (including phenoxy) is 2. The number of rotatable bonds is 10. The predicted molar refractivity (Wildman–Crippen MR) is 76.4 cm³/mol. The second kappa shape index (κ2) is 10.9. The number of nitrogens with two attached hydrogens (primary N) is 1. The van der Waals surface area contributed by atoms with Crippen molar-refractivity contribution in [1.29, 1.82) is 0 Å². The van der Waals surface area contributed by atoms with Crippen LogP contribution in [0, 0.1) is 5.92 Å². The Labute approximate surface area is 124 Å². The number of carbonyl (C=O) groups excluding carboxylic acids is 3. The van der Waals surface area contributed by atoms with Gasteiger partial charge in [-0.1, -0.05) is 13.8 Å². The van der Waals surface area contributed by atoms with Gasteiger partial charge in [0.2, 0.25) is 11.8 Å². The number of nitrogens with one attached hydrogen (secondary N) is 2. The maximum Gasteiger partial charge on any atom is 0.407 e. The summed E-state index contributed by atoms with van der Waals surface area (Å²) in [5, 5.41) is 4.94. The van der Waals surface area contributed by atoms with Crippen LogP contribution >= 0.6 is 0 Å². The van der Waals surface area contributed by atoms with Crippen LogP contribution in [0.5, 0.6) is 0 Å². The minimum Gasteiger partial charge on any atom is -0.449 e. The average molecular weight is 303 g/mol. The molecular weight excluding hydrogens is 278 g/mol. The van der Waals surface area contributed by atoms with Gasteiger partial charge in [0.1, 0.15) is 6.04 Å². The van der Waals surface area contributed by atoms with E-state index in [0.717, 1.165) is 0 Å². The number of carbonyl (C=O) groups is 3. The average Bonchev–Trinajstić information content (AvgIpc) is 2.40. The van der Waals surface area contributed by atoms with E-state index < -0.39 is 23.9 Å². The van der Waals surface area contributed by atoms with Gasteiger partial charge in [0.15, 0.2) is 0 Å². The van der Waals surface area contributed by atoms with E-state index in [-0.39, 0.29) is 18.9 Å². The monoisotopic (exact) mass is 303 g/mol. The number of primary amides is 1. The number of amides is 3. The maximum absolute atomic E-state index is 11.9. The number of hydrogen-bond acceptors (Lipinski definition) is 5. The molecule has 0 aliphatic carbocycles. The van der Waals surface area contributed by atoms with Crippen LogP contribution in [0.15, 0.2) is 0 Å². The van der Waals surface area contributed by atoms with Crippen molar-refractivity contribution >= 4 is 17.9 Å². The van der Waals surface area contributed by atoms with Gasteiger partial charge in [-0.25, -0.2) is 4.79 Å². The quantitative estimate of drug-likeness (QED) is 0.481. The Morgan fingerprint density at radius 1 is 1.24 bits per heavy atom. The molecule has 0 aliphatic rings. The van der Waals surface area contributed by atoms with E-state index >= 15 is 0 Å². The molecule has 0 aromatic heterocycles. The summed E-state index contributed by atoms with van der Waals surface area (Å²) in [6, 6.07) is -1.04. The third-order valence-electron chi connectivity index (χ3n) is 2.39. The molecule has 8 heteroatoms. The van der Waals surface area contributed by atoms with Gasteiger partial charge >= 0.3 is 6.09 Å². The first-order valence-corrected chi connectivity index (χ1v) is 6.85. The van der Waals surface area contributed by atoms with E-state index in [1.807, 2.05) is 13.8 Å². The summed E-state index contributed by atoms with van der Waals surface area (Å²) in [4.78, 5) is 34.4. The molecule has 3 amide bonds. The van der Waals surface area contributed by atoms with Crippen molar-refractivity contribution in [3.8, 4) is 0 Å². The Bertz CT molecular complexity index is 347. The lowest BCUT2D eigenvalue weighted by molar-refractivity contribution is -0.127. The molecule has 0 aliphatic heterocycles. The molecule has 122 valence electrons. The second-order valence-electron chi connectivity index (χ2n) is 5.00. The molecule has 1 unspecified atom stereocenters. The van der Waals surface area contributed by atoms with Gasteiger partial charge in [-0.2, -0.15) is 0 Å². The molecule has 0 radical (unpaired) electrons. The first-order valence-electron chi connectivity index (χ1n) is 6.85. The van der Waals surface area contributed by atoms with Crippen molar-refractivity contribution in [3.05, 3.63) is 0 Å². The van der Waals surface area contributed by atoms with Crippen LogP contribution in [-0.2, 0) is 19.1 Å². The van der Waals surface area contributed by atoms with E-state index in [1.165, 1.54) is 0 Å². The molecule has 0 saturated carbocycles. The van der Waals surface area contributed by atoms with E-state index in [2.05, 4.69) is 10.6 Å². The lowest BCUT2D eigenvalue weighted by Crippen LogP contribution is -2.49. The molecule has 0 saturated heterocycles. The number of methoxy groups -OCH3 is 1. The van der Waals surface area contributed by atoms with Crippen LogP contribution in [0.1, 0.15) is 26.7 Å². The lowest BCUT2D eigenvalue weighted by atomic mass is 10.2. The third kappa shape index (κ3) is 10.6. The van der Waals surface area contributed by atoms with Crippen molar-refractivity contribution in [3.63, 3.8) is 0 Å². The van der Waals surface area contributed by atoms with Gasteiger partial charge in [-0.3, -0.25) is 9.59 Å². The first-order chi connectivity index (χ1) is 9.86. The normalized spacial score (nSPS) is 11.8. The van der Waals surface area contributed by atoms with Crippen LogP contribution < -0.4 is 16.4 Å². The van der Waals surface area contributed by atoms with Crippen molar-refractivity contribution in [2.24, 2.45) is 11.7 Å². The van der Waals surface area contributed by atoms with E-state index in [9.17, 15) is 14.4 Å². The third-order valence-corrected chi connectivity index (χ3v) is 2.39. The lowest BCUT2D eigenvalue weighted by Gasteiger charge is -2.17. The second-order valence-corrected chi connectivity index (χ2v) is 5.00. The summed E-state index contributed by atoms with van der Waals surface area (Å²) in [5.74, 6) is -0.990. The highest BCUT2D eigenvalue weighted by atomic mass is 16.5. The minimum absolute atomic E-state index is 0.174. The van der Waals surface area contributed by atoms with Crippen LogP contribution in [0.4, 0.5) is 4.79 Å². The fraction of sp³-hybridized carbons (Fsp3) is 0.769. The molecule has 0 aromatic rings. The highest BCUT2D eigenvalue weighted by Crippen LogP contribution is 1.97. The zero-order valence-corrected chi connectivity index (χ0v) is 12.8. The first kappa shape index (κ1) is 19.2. The largest absolute Gasteiger partial charge is 0.449 e. The summed E-state index contributed by atoms with van der Waals surface area (Å²) in [7, 11) is 1.56. The zero-order valence-electron chi connectivity index (χ0n) is 12.8. The molecule has 21 heavy (non-hydrogen) atoms. The smallest absolute Gasteiger partial charge is 0.407 e. The fourth-order valence-electron chi connectivity index (χ4n) is 1.39. The molecule has 4 N–H and O–H groups in total. The van der Waals surface area contributed by atoms with E-state index in [0.29, 0.717) is 19.6 Å². The molecule has 8 nitrogen and oxygen atoms in total. The molecule has 0 rings (SSSR count). The maximum atomic E-state index is 11.9. The molecule has 1 atom stereocenters. The zero-order chi connectivity index (χ0) is 16.3. The van der Waals surface area contributed by atoms with Gasteiger partial charge in [0, 0.05) is 20.3 Å². The highest BCUT2D eigenvalue weighted by Gasteiger charge is 2.23. The molecule has 0 heterocycles. The Kier molecular flexibility index (Phi) is 9.95. The van der Waals surface area contributed by atoms with Crippen molar-refractivity contribution < 1.29 is 23.9 Å². The molecule has 0 aromatic carbocycles. The fourth-order valence-corrected chi connectivity index (χ4v) is 1.39. The highest BCUT2D eigenvalue weighted by molar-refractivity contribution is 5.90. The molecule has 0 spiro atoms. The molecule has 0 fully saturated rings. The van der Waals surface area contributed by atoms with Gasteiger partial charge in [-0.05, 0) is 12.3 Å².